The Bertz CT molecular complexity index is 1920. The number of methoxy groups -OCH3 is 1. The van der Waals surface area contributed by atoms with E-state index in [9.17, 15) is 14.4 Å². The number of hydrogen-bond acceptors (Lipinski definition) is 10. The zero-order valence-corrected chi connectivity index (χ0v) is 36.1. The Labute approximate surface area is 363 Å². The minimum atomic E-state index is -0.352. The standard InChI is InChI=1S/C46H57Cl2N3O9/c1-30-20-41(47)44(42(48)21-30)58-19-18-57-36-9-5-33(6-10-36)38-11-12-49-26-40(38)45(53)51(35-7-8-35)27-32-22-31(4-3-15-55-2)23-37(24-32)59-28-34-25-39(34)46(54)60-29-43(52)50-13-16-56-17-14-50/h5-6,9-10,20-24,34-35,38-40,49H,3-4,7-8,11-19,25-29H2,1-2H3/t34-,38+,39+,40-/m0/s1. The number of halogens is 2. The molecular weight excluding hydrogens is 809 g/mol. The molecule has 2 aliphatic carbocycles. The average Bonchev–Trinajstić information content (AvgIpc) is 4.20. The number of rotatable bonds is 20. The summed E-state index contributed by atoms with van der Waals surface area (Å²) in [4.78, 5) is 43.5. The third kappa shape index (κ3) is 12.1. The van der Waals surface area contributed by atoms with E-state index in [1.807, 2.05) is 37.3 Å². The van der Waals surface area contributed by atoms with Crippen molar-refractivity contribution in [3.63, 3.8) is 0 Å². The van der Waals surface area contributed by atoms with Crippen molar-refractivity contribution in [3.05, 3.63) is 86.9 Å². The summed E-state index contributed by atoms with van der Waals surface area (Å²) in [6.07, 6.45) is 5.16. The number of amides is 2. The second kappa shape index (κ2) is 21.1. The van der Waals surface area contributed by atoms with Crippen LogP contribution in [0.15, 0.2) is 54.6 Å². The first-order valence-corrected chi connectivity index (χ1v) is 22.0. The molecule has 7 rings (SSSR count). The number of ether oxygens (including phenoxy) is 6. The van der Waals surface area contributed by atoms with E-state index < -0.39 is 0 Å². The highest BCUT2D eigenvalue weighted by Crippen LogP contribution is 2.41. The fourth-order valence-corrected chi connectivity index (χ4v) is 8.88. The molecule has 2 heterocycles. The van der Waals surface area contributed by atoms with Gasteiger partial charge in [0.2, 0.25) is 5.91 Å². The molecule has 3 aromatic rings. The van der Waals surface area contributed by atoms with Crippen LogP contribution in [0, 0.1) is 24.7 Å². The van der Waals surface area contributed by atoms with E-state index in [0.717, 1.165) is 72.4 Å². The summed E-state index contributed by atoms with van der Waals surface area (Å²) < 4.78 is 34.1. The van der Waals surface area contributed by atoms with Crippen LogP contribution in [-0.2, 0) is 41.6 Å². The topological polar surface area (TPSA) is 125 Å². The molecule has 0 aromatic heterocycles. The van der Waals surface area contributed by atoms with Crippen molar-refractivity contribution in [2.45, 2.75) is 64.0 Å². The summed E-state index contributed by atoms with van der Waals surface area (Å²) in [7, 11) is 1.70. The Morgan fingerprint density at radius 1 is 0.867 bits per heavy atom. The van der Waals surface area contributed by atoms with Crippen molar-refractivity contribution >= 4 is 41.0 Å². The summed E-state index contributed by atoms with van der Waals surface area (Å²) in [6.45, 7) is 7.27. The van der Waals surface area contributed by atoms with Gasteiger partial charge < -0.3 is 43.5 Å². The minimum Gasteiger partial charge on any atom is -0.493 e. The Kier molecular flexibility index (Phi) is 15.5. The van der Waals surface area contributed by atoms with Gasteiger partial charge in [0.15, 0.2) is 12.4 Å². The van der Waals surface area contributed by atoms with Crippen LogP contribution in [0.25, 0.3) is 0 Å². The highest BCUT2D eigenvalue weighted by atomic mass is 35.5. The van der Waals surface area contributed by atoms with Gasteiger partial charge in [-0.05, 0) is 117 Å². The lowest BCUT2D eigenvalue weighted by atomic mass is 9.80. The van der Waals surface area contributed by atoms with Gasteiger partial charge in [-0.1, -0.05) is 41.4 Å². The molecule has 0 unspecified atom stereocenters. The molecule has 12 nitrogen and oxygen atoms in total. The number of nitrogens with zero attached hydrogens (tertiary/aromatic N) is 2. The molecule has 0 spiro atoms. The van der Waals surface area contributed by atoms with E-state index in [4.69, 9.17) is 51.6 Å². The molecule has 2 saturated carbocycles. The van der Waals surface area contributed by atoms with Gasteiger partial charge in [0, 0.05) is 51.9 Å². The lowest BCUT2D eigenvalue weighted by Crippen LogP contribution is -2.47. The van der Waals surface area contributed by atoms with Crippen molar-refractivity contribution in [2.24, 2.45) is 17.8 Å². The predicted molar refractivity (Wildman–Crippen MR) is 228 cm³/mol. The Hall–Kier alpha value is -4.07. The molecule has 2 saturated heterocycles. The number of hydrogen-bond donors (Lipinski definition) is 1. The van der Waals surface area contributed by atoms with Crippen LogP contribution in [0.2, 0.25) is 10.0 Å². The van der Waals surface area contributed by atoms with Crippen LogP contribution in [0.5, 0.6) is 17.2 Å². The molecule has 60 heavy (non-hydrogen) atoms. The molecular formula is C46H57Cl2N3O9. The van der Waals surface area contributed by atoms with E-state index >= 15 is 0 Å². The van der Waals surface area contributed by atoms with Crippen LogP contribution < -0.4 is 19.5 Å². The van der Waals surface area contributed by atoms with Crippen LogP contribution >= 0.6 is 23.2 Å². The van der Waals surface area contributed by atoms with Crippen LogP contribution in [0.3, 0.4) is 0 Å². The SMILES string of the molecule is COCCCc1cc(CN(C(=O)[C@H]2CNCC[C@@H]2c2ccc(OCCOc3c(Cl)cc(C)cc3Cl)cc2)C2CC2)cc(OC[C@@H]2C[C@H]2C(=O)OCC(=O)N2CCOCC2)c1. The number of nitrogens with one attached hydrogen (secondary N) is 1. The fraction of sp³-hybridized carbons (Fsp3) is 0.543. The third-order valence-corrected chi connectivity index (χ3v) is 12.3. The van der Waals surface area contributed by atoms with Gasteiger partial charge in [0.05, 0.1) is 41.7 Å². The molecule has 324 valence electrons. The molecule has 14 heteroatoms. The van der Waals surface area contributed by atoms with Crippen LogP contribution in [0.1, 0.15) is 60.3 Å². The molecule has 2 amide bonds. The summed E-state index contributed by atoms with van der Waals surface area (Å²) in [5.41, 5.74) is 4.22. The average molecular weight is 867 g/mol. The van der Waals surface area contributed by atoms with E-state index in [-0.39, 0.29) is 60.7 Å². The second-order valence-electron chi connectivity index (χ2n) is 16.3. The molecule has 1 N–H and O–H groups in total. The Balaban J connectivity index is 0.950. The molecule has 0 bridgehead atoms. The molecule has 4 aliphatic rings. The summed E-state index contributed by atoms with van der Waals surface area (Å²) in [5.74, 6) is 1.12. The third-order valence-electron chi connectivity index (χ3n) is 11.7. The Morgan fingerprint density at radius 2 is 1.60 bits per heavy atom. The smallest absolute Gasteiger partial charge is 0.309 e. The maximum Gasteiger partial charge on any atom is 0.309 e. The first kappa shape index (κ1) is 44.0. The maximum atomic E-state index is 14.6. The van der Waals surface area contributed by atoms with Gasteiger partial charge in [-0.2, -0.15) is 0 Å². The zero-order chi connectivity index (χ0) is 42.0. The maximum absolute atomic E-state index is 14.6. The van der Waals surface area contributed by atoms with Gasteiger partial charge >= 0.3 is 5.97 Å². The van der Waals surface area contributed by atoms with E-state index in [0.29, 0.717) is 81.4 Å². The molecule has 0 radical (unpaired) electrons. The largest absolute Gasteiger partial charge is 0.493 e. The number of carbonyl (C=O) groups excluding carboxylic acids is 3. The van der Waals surface area contributed by atoms with Crippen LogP contribution in [0.4, 0.5) is 0 Å². The minimum absolute atomic E-state index is 0.0230. The van der Waals surface area contributed by atoms with Crippen molar-refractivity contribution in [1.82, 2.24) is 15.1 Å². The summed E-state index contributed by atoms with van der Waals surface area (Å²) in [5, 5.41) is 4.43. The Morgan fingerprint density at radius 3 is 2.33 bits per heavy atom. The molecule has 2 aliphatic heterocycles. The van der Waals surface area contributed by atoms with Gasteiger partial charge in [-0.25, -0.2) is 0 Å². The number of morpholine rings is 1. The first-order valence-electron chi connectivity index (χ1n) is 21.3. The number of piperidine rings is 1. The monoisotopic (exact) mass is 865 g/mol. The molecule has 3 aromatic carbocycles. The number of aryl methyl sites for hydroxylation is 2. The van der Waals surface area contributed by atoms with Crippen molar-refractivity contribution in [3.8, 4) is 17.2 Å². The second-order valence-corrected chi connectivity index (χ2v) is 17.1. The summed E-state index contributed by atoms with van der Waals surface area (Å²) in [6, 6.07) is 18.2. The number of esters is 1. The van der Waals surface area contributed by atoms with Crippen molar-refractivity contribution < 1.29 is 42.8 Å². The normalized spacial score (nSPS) is 21.2. The van der Waals surface area contributed by atoms with Gasteiger partial charge in [-0.15, -0.1) is 0 Å². The van der Waals surface area contributed by atoms with Gasteiger partial charge in [-0.3, -0.25) is 14.4 Å². The van der Waals surface area contributed by atoms with E-state index in [1.165, 1.54) is 0 Å². The number of benzene rings is 3. The number of carbonyl (C=O) groups is 3. The van der Waals surface area contributed by atoms with Crippen LogP contribution in [-0.4, -0.2) is 113 Å². The lowest BCUT2D eigenvalue weighted by Gasteiger charge is -2.36. The summed E-state index contributed by atoms with van der Waals surface area (Å²) >= 11 is 12.6. The highest BCUT2D eigenvalue weighted by molar-refractivity contribution is 6.37. The van der Waals surface area contributed by atoms with E-state index in [2.05, 4.69) is 34.5 Å². The van der Waals surface area contributed by atoms with Gasteiger partial charge in [0.25, 0.3) is 5.91 Å². The van der Waals surface area contributed by atoms with E-state index in [1.54, 1.807) is 12.0 Å². The van der Waals surface area contributed by atoms with Gasteiger partial charge in [0.1, 0.15) is 24.7 Å². The zero-order valence-electron chi connectivity index (χ0n) is 34.6. The first-order chi connectivity index (χ1) is 29.2. The van der Waals surface area contributed by atoms with Crippen molar-refractivity contribution in [1.29, 1.82) is 0 Å². The molecule has 4 atom stereocenters. The fourth-order valence-electron chi connectivity index (χ4n) is 8.17. The predicted octanol–water partition coefficient (Wildman–Crippen LogP) is 6.64. The molecule has 4 fully saturated rings. The van der Waals surface area contributed by atoms with Crippen molar-refractivity contribution in [2.75, 3.05) is 79.5 Å². The quantitative estimate of drug-likeness (QED) is 0.0977. The lowest BCUT2D eigenvalue weighted by molar-refractivity contribution is -0.155. The highest BCUT2D eigenvalue weighted by Gasteiger charge is 2.45.